The van der Waals surface area contributed by atoms with Gasteiger partial charge in [0, 0.05) is 15.6 Å². The van der Waals surface area contributed by atoms with E-state index in [1.807, 2.05) is 49.4 Å². The number of benzene rings is 3. The van der Waals surface area contributed by atoms with E-state index in [-0.39, 0.29) is 0 Å². The summed E-state index contributed by atoms with van der Waals surface area (Å²) in [6.45, 7) is 2.34. The Labute approximate surface area is 172 Å². The van der Waals surface area contributed by atoms with Crippen LogP contribution in [0.1, 0.15) is 12.5 Å². The number of rotatable bonds is 4. The van der Waals surface area contributed by atoms with Crippen molar-refractivity contribution >= 4 is 26.7 Å². The van der Waals surface area contributed by atoms with Crippen LogP contribution < -0.4 is 4.74 Å². The van der Waals surface area contributed by atoms with Gasteiger partial charge in [-0.1, -0.05) is 64.5 Å². The van der Waals surface area contributed by atoms with Crippen LogP contribution >= 0.6 is 15.9 Å². The van der Waals surface area contributed by atoms with Crippen LogP contribution in [0.3, 0.4) is 0 Å². The van der Waals surface area contributed by atoms with Crippen molar-refractivity contribution in [1.29, 1.82) is 5.26 Å². The standard InChI is InChI=1S/C24H17BrN2O/c1-2-28-24-22(15-26)21(18-8-5-9-20(25)13-18)14-23(27-24)19-11-10-16-6-3-4-7-17(16)12-19/h3-14H,2H2,1H3. The van der Waals surface area contributed by atoms with E-state index in [1.165, 1.54) is 5.39 Å². The molecule has 1 heterocycles. The lowest BCUT2D eigenvalue weighted by Gasteiger charge is -2.13. The predicted octanol–water partition coefficient (Wildman–Crippen LogP) is 6.60. The van der Waals surface area contributed by atoms with Crippen LogP contribution in [0, 0.1) is 11.3 Å². The first-order valence-electron chi connectivity index (χ1n) is 9.02. The van der Waals surface area contributed by atoms with Gasteiger partial charge < -0.3 is 4.74 Å². The van der Waals surface area contributed by atoms with Gasteiger partial charge >= 0.3 is 0 Å². The molecular weight excluding hydrogens is 412 g/mol. The van der Waals surface area contributed by atoms with E-state index >= 15 is 0 Å². The molecule has 3 aromatic carbocycles. The Morgan fingerprint density at radius 1 is 0.929 bits per heavy atom. The minimum atomic E-state index is 0.366. The Balaban J connectivity index is 1.95. The third kappa shape index (κ3) is 3.49. The van der Waals surface area contributed by atoms with Gasteiger partial charge in [0.15, 0.2) is 0 Å². The van der Waals surface area contributed by atoms with Crippen LogP contribution in [-0.2, 0) is 0 Å². The Bertz CT molecular complexity index is 1210. The molecule has 0 spiro atoms. The number of nitrogens with zero attached hydrogens (tertiary/aromatic N) is 2. The number of hydrogen-bond acceptors (Lipinski definition) is 3. The summed E-state index contributed by atoms with van der Waals surface area (Å²) in [6, 6.07) is 26.6. The summed E-state index contributed by atoms with van der Waals surface area (Å²) in [4.78, 5) is 4.66. The third-order valence-corrected chi connectivity index (χ3v) is 5.05. The number of aromatic nitrogens is 1. The van der Waals surface area contributed by atoms with Crippen LogP contribution in [0.15, 0.2) is 77.3 Å². The van der Waals surface area contributed by atoms with Gasteiger partial charge in [-0.3, -0.25) is 0 Å². The molecule has 0 radical (unpaired) electrons. The average molecular weight is 429 g/mol. The molecule has 0 aliphatic heterocycles. The van der Waals surface area contributed by atoms with Crippen LogP contribution in [0.2, 0.25) is 0 Å². The second-order valence-corrected chi connectivity index (χ2v) is 7.27. The highest BCUT2D eigenvalue weighted by molar-refractivity contribution is 9.10. The molecule has 0 aliphatic carbocycles. The highest BCUT2D eigenvalue weighted by Crippen LogP contribution is 2.35. The molecule has 1 aromatic heterocycles. The molecule has 0 bridgehead atoms. The van der Waals surface area contributed by atoms with Crippen molar-refractivity contribution in [2.24, 2.45) is 0 Å². The molecule has 0 unspecified atom stereocenters. The maximum absolute atomic E-state index is 9.78. The van der Waals surface area contributed by atoms with E-state index in [2.05, 4.69) is 57.3 Å². The maximum atomic E-state index is 9.78. The van der Waals surface area contributed by atoms with Crippen molar-refractivity contribution < 1.29 is 4.74 Å². The Morgan fingerprint density at radius 2 is 1.75 bits per heavy atom. The largest absolute Gasteiger partial charge is 0.477 e. The molecule has 3 nitrogen and oxygen atoms in total. The van der Waals surface area contributed by atoms with E-state index in [0.717, 1.165) is 32.2 Å². The normalized spacial score (nSPS) is 10.6. The lowest BCUT2D eigenvalue weighted by molar-refractivity contribution is 0.326. The summed E-state index contributed by atoms with van der Waals surface area (Å²) in [5, 5.41) is 12.1. The molecule has 0 saturated carbocycles. The molecule has 0 atom stereocenters. The Kier molecular flexibility index (Phi) is 5.10. The minimum Gasteiger partial charge on any atom is -0.477 e. The van der Waals surface area contributed by atoms with Crippen LogP contribution in [0.4, 0.5) is 0 Å². The Morgan fingerprint density at radius 3 is 2.50 bits per heavy atom. The molecule has 0 fully saturated rings. The SMILES string of the molecule is CCOc1nc(-c2ccc3ccccc3c2)cc(-c2cccc(Br)c2)c1C#N. The lowest BCUT2D eigenvalue weighted by Crippen LogP contribution is -2.01. The van der Waals surface area contributed by atoms with Gasteiger partial charge in [0.05, 0.1) is 12.3 Å². The molecule has 4 aromatic rings. The van der Waals surface area contributed by atoms with Gasteiger partial charge in [-0.15, -0.1) is 0 Å². The molecule has 0 amide bonds. The third-order valence-electron chi connectivity index (χ3n) is 4.56. The molecule has 4 rings (SSSR count). The number of halogens is 1. The molecule has 136 valence electrons. The fraction of sp³-hybridized carbons (Fsp3) is 0.0833. The molecule has 0 saturated heterocycles. The van der Waals surface area contributed by atoms with E-state index < -0.39 is 0 Å². The lowest BCUT2D eigenvalue weighted by atomic mass is 9.98. The van der Waals surface area contributed by atoms with Gasteiger partial charge in [0.25, 0.3) is 0 Å². The first-order chi connectivity index (χ1) is 13.7. The van der Waals surface area contributed by atoms with Gasteiger partial charge in [0.2, 0.25) is 5.88 Å². The van der Waals surface area contributed by atoms with Crippen molar-refractivity contribution in [3.05, 3.63) is 82.8 Å². The predicted molar refractivity (Wildman–Crippen MR) is 116 cm³/mol. The van der Waals surface area contributed by atoms with E-state index in [9.17, 15) is 5.26 Å². The van der Waals surface area contributed by atoms with Crippen LogP contribution in [-0.4, -0.2) is 11.6 Å². The number of nitriles is 1. The second kappa shape index (κ2) is 7.84. The summed E-state index contributed by atoms with van der Waals surface area (Å²) in [7, 11) is 0. The fourth-order valence-corrected chi connectivity index (χ4v) is 3.65. The first kappa shape index (κ1) is 18.2. The van der Waals surface area contributed by atoms with Gasteiger partial charge in [-0.25, -0.2) is 4.98 Å². The Hall–Kier alpha value is -3.16. The van der Waals surface area contributed by atoms with Crippen molar-refractivity contribution in [2.75, 3.05) is 6.61 Å². The van der Waals surface area contributed by atoms with E-state index in [0.29, 0.717) is 18.1 Å². The van der Waals surface area contributed by atoms with E-state index in [1.54, 1.807) is 0 Å². The zero-order valence-corrected chi connectivity index (χ0v) is 16.9. The van der Waals surface area contributed by atoms with Crippen molar-refractivity contribution in [3.8, 4) is 34.3 Å². The highest BCUT2D eigenvalue weighted by atomic mass is 79.9. The number of fused-ring (bicyclic) bond motifs is 1. The minimum absolute atomic E-state index is 0.366. The van der Waals surface area contributed by atoms with Crippen molar-refractivity contribution in [3.63, 3.8) is 0 Å². The van der Waals surface area contributed by atoms with Gasteiger partial charge in [-0.2, -0.15) is 5.26 Å². The zero-order valence-electron chi connectivity index (χ0n) is 15.3. The van der Waals surface area contributed by atoms with Crippen LogP contribution in [0.25, 0.3) is 33.2 Å². The summed E-state index contributed by atoms with van der Waals surface area (Å²) in [6.07, 6.45) is 0. The summed E-state index contributed by atoms with van der Waals surface area (Å²) in [5.74, 6) is 0.366. The molecular formula is C24H17BrN2O. The number of hydrogen-bond donors (Lipinski definition) is 0. The quantitative estimate of drug-likeness (QED) is 0.367. The molecule has 4 heteroatoms. The van der Waals surface area contributed by atoms with Gasteiger partial charge in [-0.05, 0) is 47.5 Å². The zero-order chi connectivity index (χ0) is 19.5. The smallest absolute Gasteiger partial charge is 0.232 e. The summed E-state index contributed by atoms with van der Waals surface area (Å²) < 4.78 is 6.68. The molecule has 0 aliphatic rings. The average Bonchev–Trinajstić information content (AvgIpc) is 2.73. The maximum Gasteiger partial charge on any atom is 0.232 e. The fourth-order valence-electron chi connectivity index (χ4n) is 3.25. The van der Waals surface area contributed by atoms with Crippen LogP contribution in [0.5, 0.6) is 5.88 Å². The molecule has 0 N–H and O–H groups in total. The number of pyridine rings is 1. The number of ether oxygens (including phenoxy) is 1. The van der Waals surface area contributed by atoms with E-state index in [4.69, 9.17) is 4.74 Å². The molecule has 28 heavy (non-hydrogen) atoms. The first-order valence-corrected chi connectivity index (χ1v) is 9.82. The second-order valence-electron chi connectivity index (χ2n) is 6.35. The monoisotopic (exact) mass is 428 g/mol. The summed E-state index contributed by atoms with van der Waals surface area (Å²) in [5.41, 5.74) is 3.97. The van der Waals surface area contributed by atoms with Crippen molar-refractivity contribution in [2.45, 2.75) is 6.92 Å². The topological polar surface area (TPSA) is 45.9 Å². The van der Waals surface area contributed by atoms with Crippen molar-refractivity contribution in [1.82, 2.24) is 4.98 Å². The summed E-state index contributed by atoms with van der Waals surface area (Å²) >= 11 is 3.52. The highest BCUT2D eigenvalue weighted by Gasteiger charge is 2.16. The van der Waals surface area contributed by atoms with Gasteiger partial charge in [0.1, 0.15) is 11.6 Å².